The molecule has 1 aliphatic rings. The summed E-state index contributed by atoms with van der Waals surface area (Å²) in [5.74, 6) is 2.54. The Balaban J connectivity index is 1.53. The minimum Gasteiger partial charge on any atom is -0.490 e. The molecule has 2 rings (SSSR count). The molecule has 0 saturated heterocycles. The molecule has 0 radical (unpaired) electrons. The van der Waals surface area contributed by atoms with Gasteiger partial charge in [0.1, 0.15) is 12.4 Å². The topological polar surface area (TPSA) is 33.0 Å². The molecular formula is C24H35NO. The van der Waals surface area contributed by atoms with Crippen LogP contribution in [-0.4, -0.2) is 6.61 Å². The molecule has 0 heterocycles. The van der Waals surface area contributed by atoms with Gasteiger partial charge in [0.15, 0.2) is 0 Å². The van der Waals surface area contributed by atoms with Crippen LogP contribution in [0.2, 0.25) is 0 Å². The van der Waals surface area contributed by atoms with E-state index < -0.39 is 0 Å². The minimum atomic E-state index is 0.615. The zero-order chi connectivity index (χ0) is 18.5. The van der Waals surface area contributed by atoms with E-state index in [0.717, 1.165) is 17.6 Å². The van der Waals surface area contributed by atoms with Gasteiger partial charge in [-0.25, -0.2) is 0 Å². The molecule has 142 valence electrons. The monoisotopic (exact) mass is 353 g/mol. The van der Waals surface area contributed by atoms with E-state index in [1.54, 1.807) is 12.1 Å². The van der Waals surface area contributed by atoms with Crippen LogP contribution in [0, 0.1) is 23.2 Å². The number of rotatable bonds is 11. The minimum absolute atomic E-state index is 0.615. The van der Waals surface area contributed by atoms with Crippen molar-refractivity contribution < 1.29 is 4.74 Å². The van der Waals surface area contributed by atoms with E-state index in [-0.39, 0.29) is 0 Å². The summed E-state index contributed by atoms with van der Waals surface area (Å²) in [4.78, 5) is 0. The first-order chi connectivity index (χ1) is 12.8. The van der Waals surface area contributed by atoms with Gasteiger partial charge in [-0.1, -0.05) is 64.0 Å². The number of benzene rings is 1. The van der Waals surface area contributed by atoms with Crippen molar-refractivity contribution in [3.05, 3.63) is 42.0 Å². The Morgan fingerprint density at radius 1 is 1.00 bits per heavy atom. The number of nitriles is 1. The number of hydrogen-bond acceptors (Lipinski definition) is 2. The van der Waals surface area contributed by atoms with Crippen molar-refractivity contribution in [1.82, 2.24) is 0 Å². The fraction of sp³-hybridized carbons (Fsp3) is 0.625. The summed E-state index contributed by atoms with van der Waals surface area (Å²) in [6.45, 7) is 2.90. The second kappa shape index (κ2) is 12.6. The van der Waals surface area contributed by atoms with E-state index in [1.807, 2.05) is 12.1 Å². The van der Waals surface area contributed by atoms with Gasteiger partial charge in [0.2, 0.25) is 0 Å². The highest BCUT2D eigenvalue weighted by Crippen LogP contribution is 2.32. The highest BCUT2D eigenvalue weighted by Gasteiger charge is 2.18. The number of nitrogens with zero attached hydrogens (tertiary/aromatic N) is 1. The summed E-state index contributed by atoms with van der Waals surface area (Å²) in [6.07, 6.45) is 19.9. The molecule has 26 heavy (non-hydrogen) atoms. The van der Waals surface area contributed by atoms with E-state index >= 15 is 0 Å². The zero-order valence-electron chi connectivity index (χ0n) is 16.5. The summed E-state index contributed by atoms with van der Waals surface area (Å²) in [5, 5.41) is 8.79. The third kappa shape index (κ3) is 8.09. The van der Waals surface area contributed by atoms with Crippen molar-refractivity contribution in [2.75, 3.05) is 6.61 Å². The van der Waals surface area contributed by atoms with Crippen molar-refractivity contribution in [2.45, 2.75) is 77.6 Å². The predicted molar refractivity (Wildman–Crippen MR) is 109 cm³/mol. The van der Waals surface area contributed by atoms with E-state index in [4.69, 9.17) is 10.00 Å². The second-order valence-electron chi connectivity index (χ2n) is 7.71. The Bertz CT molecular complexity index is 547. The van der Waals surface area contributed by atoms with Crippen LogP contribution < -0.4 is 4.74 Å². The van der Waals surface area contributed by atoms with Crippen LogP contribution in [0.1, 0.15) is 83.1 Å². The van der Waals surface area contributed by atoms with Crippen molar-refractivity contribution in [2.24, 2.45) is 11.8 Å². The molecule has 1 aliphatic carbocycles. The molecular weight excluding hydrogens is 318 g/mol. The smallest absolute Gasteiger partial charge is 0.119 e. The van der Waals surface area contributed by atoms with Crippen LogP contribution >= 0.6 is 0 Å². The number of unbranched alkanes of at least 4 members (excludes halogenated alkanes) is 5. The average Bonchev–Trinajstić information content (AvgIpc) is 2.69. The van der Waals surface area contributed by atoms with Gasteiger partial charge in [0.05, 0.1) is 11.6 Å². The van der Waals surface area contributed by atoms with E-state index in [1.165, 1.54) is 70.6 Å². The van der Waals surface area contributed by atoms with Crippen LogP contribution in [-0.2, 0) is 0 Å². The fourth-order valence-corrected chi connectivity index (χ4v) is 3.90. The van der Waals surface area contributed by atoms with Gasteiger partial charge in [-0.15, -0.1) is 0 Å². The standard InChI is InChI=1S/C24H35NO/c1-2-3-4-5-6-7-9-21-11-13-22(14-12-21)10-8-19-26-24-17-15-23(20-25)16-18-24/h8,10,15-18,21-22H,2-7,9,11-14,19H2,1H3. The SMILES string of the molecule is CCCCCCCCC1CCC(C=CCOc2ccc(C#N)cc2)CC1. The summed E-state index contributed by atoms with van der Waals surface area (Å²) >= 11 is 0. The molecule has 0 atom stereocenters. The summed E-state index contributed by atoms with van der Waals surface area (Å²) in [5.41, 5.74) is 0.672. The molecule has 2 nitrogen and oxygen atoms in total. The van der Waals surface area contributed by atoms with Crippen LogP contribution in [0.5, 0.6) is 5.75 Å². The van der Waals surface area contributed by atoms with Crippen molar-refractivity contribution >= 4 is 0 Å². The summed E-state index contributed by atoms with van der Waals surface area (Å²) < 4.78 is 5.71. The first-order valence-electron chi connectivity index (χ1n) is 10.6. The molecule has 0 amide bonds. The Hall–Kier alpha value is -1.75. The van der Waals surface area contributed by atoms with Crippen molar-refractivity contribution in [1.29, 1.82) is 5.26 Å². The molecule has 1 saturated carbocycles. The van der Waals surface area contributed by atoms with Crippen molar-refractivity contribution in [3.63, 3.8) is 0 Å². The Morgan fingerprint density at radius 2 is 1.69 bits per heavy atom. The normalized spacial score (nSPS) is 20.2. The van der Waals surface area contributed by atoms with E-state index in [9.17, 15) is 0 Å². The van der Waals surface area contributed by atoms with Crippen LogP contribution in [0.3, 0.4) is 0 Å². The predicted octanol–water partition coefficient (Wildman–Crippen LogP) is 7.05. The zero-order valence-corrected chi connectivity index (χ0v) is 16.5. The van der Waals surface area contributed by atoms with Crippen LogP contribution in [0.25, 0.3) is 0 Å². The lowest BCUT2D eigenvalue weighted by Crippen LogP contribution is -2.13. The van der Waals surface area contributed by atoms with Gasteiger partial charge >= 0.3 is 0 Å². The van der Waals surface area contributed by atoms with Gasteiger partial charge in [0, 0.05) is 0 Å². The van der Waals surface area contributed by atoms with Gasteiger partial charge in [-0.05, 0) is 61.8 Å². The van der Waals surface area contributed by atoms with Crippen molar-refractivity contribution in [3.8, 4) is 11.8 Å². The molecule has 0 aromatic heterocycles. The van der Waals surface area contributed by atoms with Crippen LogP contribution in [0.4, 0.5) is 0 Å². The Morgan fingerprint density at radius 3 is 2.38 bits per heavy atom. The quantitative estimate of drug-likeness (QED) is 0.315. The molecule has 0 aliphatic heterocycles. The number of hydrogen-bond donors (Lipinski definition) is 0. The van der Waals surface area contributed by atoms with Gasteiger partial charge in [0.25, 0.3) is 0 Å². The maximum absolute atomic E-state index is 8.79. The van der Waals surface area contributed by atoms with E-state index in [0.29, 0.717) is 12.2 Å². The highest BCUT2D eigenvalue weighted by molar-refractivity contribution is 5.34. The fourth-order valence-electron chi connectivity index (χ4n) is 3.90. The molecule has 1 aromatic rings. The Kier molecular flexibility index (Phi) is 9.95. The van der Waals surface area contributed by atoms with Gasteiger partial charge < -0.3 is 4.74 Å². The first-order valence-corrected chi connectivity index (χ1v) is 10.6. The second-order valence-corrected chi connectivity index (χ2v) is 7.71. The third-order valence-electron chi connectivity index (χ3n) is 5.60. The van der Waals surface area contributed by atoms with Gasteiger partial charge in [-0.3, -0.25) is 0 Å². The Labute approximate surface area is 160 Å². The average molecular weight is 354 g/mol. The molecule has 1 fully saturated rings. The number of allylic oxidation sites excluding steroid dienone is 1. The molecule has 0 unspecified atom stereocenters. The van der Waals surface area contributed by atoms with Crippen LogP contribution in [0.15, 0.2) is 36.4 Å². The maximum atomic E-state index is 8.79. The largest absolute Gasteiger partial charge is 0.490 e. The van der Waals surface area contributed by atoms with Gasteiger partial charge in [-0.2, -0.15) is 5.26 Å². The maximum Gasteiger partial charge on any atom is 0.119 e. The molecule has 1 aromatic carbocycles. The highest BCUT2D eigenvalue weighted by atomic mass is 16.5. The lowest BCUT2D eigenvalue weighted by molar-refractivity contribution is 0.287. The molecule has 0 bridgehead atoms. The lowest BCUT2D eigenvalue weighted by atomic mass is 9.79. The first kappa shape index (κ1) is 20.6. The summed E-state index contributed by atoms with van der Waals surface area (Å²) in [6, 6.07) is 9.44. The number of ether oxygens (including phenoxy) is 1. The molecule has 0 N–H and O–H groups in total. The molecule has 2 heteroatoms. The third-order valence-corrected chi connectivity index (χ3v) is 5.60. The summed E-state index contributed by atoms with van der Waals surface area (Å²) in [7, 11) is 0. The lowest BCUT2D eigenvalue weighted by Gasteiger charge is -2.26. The van der Waals surface area contributed by atoms with E-state index in [2.05, 4.69) is 25.1 Å². The molecule has 0 spiro atoms.